The monoisotopic (exact) mass is 228 g/mol. The van der Waals surface area contributed by atoms with E-state index >= 15 is 0 Å². The molecular weight excluding hydrogens is 214 g/mol. The lowest BCUT2D eigenvalue weighted by atomic mass is 10.0. The van der Waals surface area contributed by atoms with E-state index in [4.69, 9.17) is 5.73 Å². The summed E-state index contributed by atoms with van der Waals surface area (Å²) in [6, 6.07) is 2.83. The Hall–Kier alpha value is -1.49. The molecule has 0 heterocycles. The molecule has 0 bridgehead atoms. The van der Waals surface area contributed by atoms with E-state index in [9.17, 15) is 13.6 Å². The summed E-state index contributed by atoms with van der Waals surface area (Å²) in [4.78, 5) is 11.5. The predicted molar refractivity (Wildman–Crippen MR) is 57.8 cm³/mol. The zero-order valence-corrected chi connectivity index (χ0v) is 9.13. The topological polar surface area (TPSA) is 55.1 Å². The zero-order chi connectivity index (χ0) is 12.3. The van der Waals surface area contributed by atoms with Gasteiger partial charge >= 0.3 is 0 Å². The first-order valence-corrected chi connectivity index (χ1v) is 4.94. The third kappa shape index (κ3) is 2.76. The molecule has 1 atom stereocenters. The van der Waals surface area contributed by atoms with Crippen LogP contribution in [0.3, 0.4) is 0 Å². The summed E-state index contributed by atoms with van der Waals surface area (Å²) in [7, 11) is 0. The van der Waals surface area contributed by atoms with Gasteiger partial charge in [0.15, 0.2) is 11.6 Å². The molecule has 0 aliphatic heterocycles. The fourth-order valence-corrected chi connectivity index (χ4v) is 1.12. The fourth-order valence-electron chi connectivity index (χ4n) is 1.12. The molecule has 3 N–H and O–H groups in total. The highest BCUT2D eigenvalue weighted by Crippen LogP contribution is 2.17. The van der Waals surface area contributed by atoms with Crippen molar-refractivity contribution in [3.05, 3.63) is 29.8 Å². The van der Waals surface area contributed by atoms with Crippen LogP contribution in [0.4, 0.5) is 14.5 Å². The Bertz CT molecular complexity index is 394. The van der Waals surface area contributed by atoms with Crippen LogP contribution in [-0.2, 0) is 4.79 Å². The quantitative estimate of drug-likeness (QED) is 0.830. The second kappa shape index (κ2) is 5.03. The highest BCUT2D eigenvalue weighted by molar-refractivity contribution is 5.94. The summed E-state index contributed by atoms with van der Waals surface area (Å²) < 4.78 is 26.0. The molecule has 0 fully saturated rings. The first kappa shape index (κ1) is 12.6. The van der Waals surface area contributed by atoms with E-state index in [2.05, 4.69) is 5.32 Å². The number of benzene rings is 1. The molecule has 1 rings (SSSR count). The lowest BCUT2D eigenvalue weighted by Gasteiger charge is -2.15. The molecule has 3 nitrogen and oxygen atoms in total. The van der Waals surface area contributed by atoms with Crippen LogP contribution in [0.2, 0.25) is 0 Å². The minimum atomic E-state index is -1.08. The molecular formula is C11H14F2N2O. The molecule has 5 heteroatoms. The summed E-state index contributed by atoms with van der Waals surface area (Å²) in [6.07, 6.45) is 0. The Morgan fingerprint density at radius 2 is 2.00 bits per heavy atom. The zero-order valence-electron chi connectivity index (χ0n) is 9.13. The molecule has 88 valence electrons. The first-order valence-electron chi connectivity index (χ1n) is 4.94. The average Bonchev–Trinajstić information content (AvgIpc) is 2.23. The van der Waals surface area contributed by atoms with Gasteiger partial charge in [-0.1, -0.05) is 19.9 Å². The van der Waals surface area contributed by atoms with Crippen molar-refractivity contribution in [3.63, 3.8) is 0 Å². The van der Waals surface area contributed by atoms with E-state index in [1.54, 1.807) is 13.8 Å². The molecule has 0 saturated carbocycles. The molecule has 0 saturated heterocycles. The Kier molecular flexibility index (Phi) is 3.95. The van der Waals surface area contributed by atoms with Crippen molar-refractivity contribution in [2.75, 3.05) is 5.32 Å². The van der Waals surface area contributed by atoms with Gasteiger partial charge < -0.3 is 11.1 Å². The van der Waals surface area contributed by atoms with Crippen LogP contribution in [0.25, 0.3) is 0 Å². The van der Waals surface area contributed by atoms with Gasteiger partial charge in [0.1, 0.15) is 0 Å². The molecule has 1 aromatic rings. The number of anilines is 1. The number of rotatable bonds is 3. The van der Waals surface area contributed by atoms with Crippen molar-refractivity contribution in [2.24, 2.45) is 11.7 Å². The second-order valence-electron chi connectivity index (χ2n) is 3.86. The van der Waals surface area contributed by atoms with Crippen molar-refractivity contribution in [3.8, 4) is 0 Å². The van der Waals surface area contributed by atoms with Gasteiger partial charge in [0.25, 0.3) is 0 Å². The van der Waals surface area contributed by atoms with Gasteiger partial charge in [-0.05, 0) is 18.1 Å². The van der Waals surface area contributed by atoms with Crippen LogP contribution >= 0.6 is 0 Å². The normalized spacial score (nSPS) is 12.6. The summed E-state index contributed by atoms with van der Waals surface area (Å²) in [5.41, 5.74) is 5.37. The van der Waals surface area contributed by atoms with Gasteiger partial charge in [-0.25, -0.2) is 8.78 Å². The molecule has 16 heavy (non-hydrogen) atoms. The molecule has 0 spiro atoms. The number of amides is 1. The third-order valence-electron chi connectivity index (χ3n) is 2.23. The lowest BCUT2D eigenvalue weighted by Crippen LogP contribution is -2.39. The van der Waals surface area contributed by atoms with Crippen molar-refractivity contribution in [2.45, 2.75) is 19.9 Å². The average molecular weight is 228 g/mol. The number of carbonyl (C=O) groups excluding carboxylic acids is 1. The highest BCUT2D eigenvalue weighted by atomic mass is 19.2. The maximum atomic E-state index is 13.2. The molecule has 0 aliphatic carbocycles. The molecule has 0 aromatic heterocycles. The van der Waals surface area contributed by atoms with Crippen molar-refractivity contribution in [1.82, 2.24) is 0 Å². The molecule has 0 aliphatic rings. The predicted octanol–water partition coefficient (Wildman–Crippen LogP) is 1.89. The number of hydrogen-bond donors (Lipinski definition) is 2. The second-order valence-corrected chi connectivity index (χ2v) is 3.86. The van der Waals surface area contributed by atoms with Gasteiger partial charge in [0, 0.05) is 0 Å². The first-order chi connectivity index (χ1) is 7.43. The Morgan fingerprint density at radius 1 is 1.38 bits per heavy atom. The SMILES string of the molecule is CC(C)[C@H](N)C(=O)Nc1cccc(F)c1F. The maximum absolute atomic E-state index is 13.2. The number of carbonyl (C=O) groups is 1. The van der Waals surface area contributed by atoms with E-state index in [0.717, 1.165) is 6.07 Å². The van der Waals surface area contributed by atoms with Gasteiger partial charge in [0.05, 0.1) is 11.7 Å². The smallest absolute Gasteiger partial charge is 0.241 e. The van der Waals surface area contributed by atoms with Crippen molar-refractivity contribution >= 4 is 11.6 Å². The number of hydrogen-bond acceptors (Lipinski definition) is 2. The van der Waals surface area contributed by atoms with Crippen LogP contribution < -0.4 is 11.1 Å². The Balaban J connectivity index is 2.81. The van der Waals surface area contributed by atoms with Crippen LogP contribution in [-0.4, -0.2) is 11.9 Å². The third-order valence-corrected chi connectivity index (χ3v) is 2.23. The summed E-state index contributed by atoms with van der Waals surface area (Å²) in [5, 5.41) is 2.25. The summed E-state index contributed by atoms with van der Waals surface area (Å²) >= 11 is 0. The van der Waals surface area contributed by atoms with E-state index in [0.29, 0.717) is 0 Å². The van der Waals surface area contributed by atoms with Crippen molar-refractivity contribution < 1.29 is 13.6 Å². The number of nitrogens with one attached hydrogen (secondary N) is 1. The summed E-state index contributed by atoms with van der Waals surface area (Å²) in [6.45, 7) is 3.54. The van der Waals surface area contributed by atoms with Gasteiger partial charge in [-0.15, -0.1) is 0 Å². The molecule has 0 radical (unpaired) electrons. The Labute approximate surface area is 92.6 Å². The highest BCUT2D eigenvalue weighted by Gasteiger charge is 2.19. The van der Waals surface area contributed by atoms with Gasteiger partial charge in [0.2, 0.25) is 5.91 Å². The van der Waals surface area contributed by atoms with E-state index < -0.39 is 23.6 Å². The van der Waals surface area contributed by atoms with Crippen LogP contribution in [0.15, 0.2) is 18.2 Å². The lowest BCUT2D eigenvalue weighted by molar-refractivity contribution is -0.118. The van der Waals surface area contributed by atoms with E-state index in [-0.39, 0.29) is 11.6 Å². The van der Waals surface area contributed by atoms with Crippen LogP contribution in [0.5, 0.6) is 0 Å². The largest absolute Gasteiger partial charge is 0.322 e. The van der Waals surface area contributed by atoms with Crippen LogP contribution in [0, 0.1) is 17.6 Å². The minimum absolute atomic E-state index is 0.0726. The van der Waals surface area contributed by atoms with Crippen molar-refractivity contribution in [1.29, 1.82) is 0 Å². The molecule has 1 aromatic carbocycles. The molecule has 1 amide bonds. The fraction of sp³-hybridized carbons (Fsp3) is 0.364. The Morgan fingerprint density at radius 3 is 2.56 bits per heavy atom. The van der Waals surface area contributed by atoms with E-state index in [1.807, 2.05) is 0 Å². The molecule has 0 unspecified atom stereocenters. The minimum Gasteiger partial charge on any atom is -0.322 e. The van der Waals surface area contributed by atoms with Crippen LogP contribution in [0.1, 0.15) is 13.8 Å². The van der Waals surface area contributed by atoms with Gasteiger partial charge in [-0.2, -0.15) is 0 Å². The summed E-state index contributed by atoms with van der Waals surface area (Å²) in [5.74, 6) is -2.68. The number of halogens is 2. The van der Waals surface area contributed by atoms with E-state index in [1.165, 1.54) is 12.1 Å². The van der Waals surface area contributed by atoms with Gasteiger partial charge in [-0.3, -0.25) is 4.79 Å². The number of nitrogens with two attached hydrogens (primary N) is 1. The maximum Gasteiger partial charge on any atom is 0.241 e. The standard InChI is InChI=1S/C11H14F2N2O/c1-6(2)10(14)11(16)15-8-5-3-4-7(12)9(8)13/h3-6,10H,14H2,1-2H3,(H,15,16)/t10-/m0/s1.